The molecule has 0 saturated heterocycles. The summed E-state index contributed by atoms with van der Waals surface area (Å²) in [7, 11) is 32.1. The molecule has 0 heterocycles. The quantitative estimate of drug-likeness (QED) is 0.0267. The van der Waals surface area contributed by atoms with E-state index in [1.165, 1.54) is 159 Å². The summed E-state index contributed by atoms with van der Waals surface area (Å²) in [5, 5.41) is 13.0. The van der Waals surface area contributed by atoms with E-state index in [1.54, 1.807) is 35.5 Å². The van der Waals surface area contributed by atoms with Crippen LogP contribution in [0.5, 0.6) is 28.7 Å². The minimum Gasteiger partial charge on any atom is -0.467 e. The van der Waals surface area contributed by atoms with Gasteiger partial charge in [0.15, 0.2) is 34.0 Å². The topological polar surface area (TPSA) is 109 Å². The van der Waals surface area contributed by atoms with Gasteiger partial charge in [0.05, 0.1) is 0 Å². The Morgan fingerprint density at radius 2 is 0.527 bits per heavy atom. The molecule has 5 unspecified atom stereocenters. The SMILES string of the molecule is COCOc1c(C)cc(C(C)(C)C)cc1Pc1ccc(C)cc1CN(C)C.COCOc1c(Cc2ccccc2)cc(Cc2ccccc2)cc1Pc1ccccc1CN(C)C.COCOc1c(Cc2ccccc2)cccc1Pc1ccccc1CN(C)C.COCOc1c(Pc2ccc(C)cc2CN(C)C)cc(C(C)(C)C)cc1C(C)(C)C.COCOc1ccc(Cc2ccccc2)cc1Pc1ccccc1CN(C)C. The summed E-state index contributed by atoms with van der Waals surface area (Å²) < 4.78 is 56.5. The van der Waals surface area contributed by atoms with E-state index < -0.39 is 0 Å². The van der Waals surface area contributed by atoms with Gasteiger partial charge in [-0.15, -0.1) is 0 Å². The van der Waals surface area contributed by atoms with Crippen molar-refractivity contribution in [3.05, 3.63) is 409 Å². The van der Waals surface area contributed by atoms with Crippen LogP contribution in [-0.4, -0.2) is 164 Å². The van der Waals surface area contributed by atoms with Crippen molar-refractivity contribution in [2.75, 3.05) is 140 Å². The van der Waals surface area contributed by atoms with Crippen LogP contribution in [0, 0.1) is 20.8 Å². The number of benzene rings is 14. The predicted molar refractivity (Wildman–Crippen MR) is 639 cm³/mol. The third-order valence-corrected chi connectivity index (χ3v) is 31.2. The monoisotopic (exact) mass is 2090 g/mol. The Kier molecular flexibility index (Phi) is 49.1. The highest BCUT2D eigenvalue weighted by Gasteiger charge is 2.29. The molecular weight excluding hydrogens is 1920 g/mol. The molecule has 20 heteroatoms. The highest BCUT2D eigenvalue weighted by molar-refractivity contribution is 7.57. The van der Waals surface area contributed by atoms with Crippen molar-refractivity contribution < 1.29 is 47.4 Å². The summed E-state index contributed by atoms with van der Waals surface area (Å²) in [6.45, 7) is 32.7. The lowest BCUT2D eigenvalue weighted by Crippen LogP contribution is -2.24. The highest BCUT2D eigenvalue weighted by Crippen LogP contribution is 2.40. The lowest BCUT2D eigenvalue weighted by atomic mass is 9.80. The zero-order valence-electron chi connectivity index (χ0n) is 93.1. The van der Waals surface area contributed by atoms with Crippen molar-refractivity contribution in [3.8, 4) is 28.7 Å². The number of aryl methyl sites for hydroxylation is 3. The molecule has 0 fully saturated rings. The molecular formula is C128H164N5O10P5. The first kappa shape index (κ1) is 120. The van der Waals surface area contributed by atoms with E-state index in [4.69, 9.17) is 47.4 Å². The summed E-state index contributed by atoms with van der Waals surface area (Å²) in [4.78, 5) is 11.1. The molecule has 0 bridgehead atoms. The van der Waals surface area contributed by atoms with Gasteiger partial charge in [-0.05, 0) is 266 Å². The number of hydrogen-bond donors (Lipinski definition) is 0. The van der Waals surface area contributed by atoms with Gasteiger partial charge in [-0.3, -0.25) is 0 Å². The molecule has 0 aliphatic carbocycles. The van der Waals surface area contributed by atoms with Crippen LogP contribution in [0.4, 0.5) is 0 Å². The van der Waals surface area contributed by atoms with Gasteiger partial charge in [0.2, 0.25) is 0 Å². The van der Waals surface area contributed by atoms with E-state index in [9.17, 15) is 0 Å². The smallest absolute Gasteiger partial charge is 0.188 e. The zero-order valence-corrected chi connectivity index (χ0v) is 98.1. The van der Waals surface area contributed by atoms with Crippen LogP contribution in [0.1, 0.15) is 168 Å². The van der Waals surface area contributed by atoms with E-state index >= 15 is 0 Å². The fourth-order valence-corrected chi connectivity index (χ4v) is 23.9. The number of rotatable bonds is 43. The van der Waals surface area contributed by atoms with Crippen LogP contribution in [0.2, 0.25) is 0 Å². The maximum Gasteiger partial charge on any atom is 0.188 e. The minimum atomic E-state index is -0.0245. The first-order chi connectivity index (χ1) is 70.9. The van der Waals surface area contributed by atoms with Gasteiger partial charge in [-0.1, -0.05) is 389 Å². The summed E-state index contributed by atoms with van der Waals surface area (Å²) in [5.41, 5.74) is 24.9. The molecule has 14 aromatic rings. The number of ether oxygens (including phenoxy) is 10. The lowest BCUT2D eigenvalue weighted by Gasteiger charge is -2.29. The largest absolute Gasteiger partial charge is 0.467 e. The van der Waals surface area contributed by atoms with Crippen molar-refractivity contribution >= 4 is 95.9 Å². The second kappa shape index (κ2) is 60.8. The standard InChI is InChI=1S/C31H34NO2P.C26H40NO2P.2C24H28NO2P.C23H34NO2P/c1-32(2)22-27-16-10-11-17-29(27)35-30-21-26(18-24-12-6-4-7-13-24)20-28(31(30)34-23-33-3)19-25-14-8-5-9-15-25;1-18-11-12-22(19(13-18)16-27(8)9)30-23-15-20(25(2,3)4)14-21(26(5,6)7)24(23)29-17-28-10;1-25(2)17-21-12-7-8-14-22(21)28-23-15-9-13-20(24(23)27-18-26-3)16-19-10-5-4-6-11-19;1-25(2)17-21-11-7-8-12-23(21)28-24-16-20(13-14-22(24)27-18-26-3)15-19-9-5-4-6-10-19;1-16-9-10-20(18(11-16)14-24(6)7)27-21-13-19(23(3,4)5)12-17(2)22(21)26-15-25-8/h4-17,20-21,35H,18-19,22-23H2,1-3H3;11-15,30H,16-17H2,1-10H3;4-15,28H,16-18H2,1-3H3;4-14,16,28H,15,17-18H2,1-3H3;9-13,27H,14-15H2,1-8H3. The highest BCUT2D eigenvalue weighted by atomic mass is 31.1. The first-order valence-corrected chi connectivity index (χ1v) is 55.9. The third kappa shape index (κ3) is 39.6. The minimum absolute atomic E-state index is 0.0245. The average Bonchev–Trinajstić information content (AvgIpc) is 0.706. The van der Waals surface area contributed by atoms with Gasteiger partial charge in [-0.25, -0.2) is 0 Å². The summed E-state index contributed by atoms with van der Waals surface area (Å²) in [6.07, 6.45) is 3.48. The first-order valence-electron chi connectivity index (χ1n) is 50.9. The van der Waals surface area contributed by atoms with Gasteiger partial charge in [0.1, 0.15) is 28.7 Å². The Balaban J connectivity index is 0.000000190. The molecule has 0 amide bonds. The Bertz CT molecular complexity index is 6330. The maximum absolute atomic E-state index is 6.26. The van der Waals surface area contributed by atoms with Gasteiger partial charge < -0.3 is 71.9 Å². The van der Waals surface area contributed by atoms with Gasteiger partial charge >= 0.3 is 0 Å². The molecule has 0 aliphatic rings. The second-order valence-electron chi connectivity index (χ2n) is 42.1. The molecule has 14 rings (SSSR count). The average molecular weight is 2090 g/mol. The molecule has 786 valence electrons. The van der Waals surface area contributed by atoms with Crippen molar-refractivity contribution in [1.29, 1.82) is 0 Å². The van der Waals surface area contributed by atoms with Crippen LogP contribution in [0.3, 0.4) is 0 Å². The number of hydrogen-bond acceptors (Lipinski definition) is 15. The summed E-state index contributed by atoms with van der Waals surface area (Å²) in [5.74, 6) is 4.74. The maximum atomic E-state index is 6.26. The molecule has 0 N–H and O–H groups in total. The Labute approximate surface area is 897 Å². The van der Waals surface area contributed by atoms with E-state index in [2.05, 4.69) is 475 Å². The molecule has 148 heavy (non-hydrogen) atoms. The molecule has 0 aliphatic heterocycles. The normalized spacial score (nSPS) is 11.9. The van der Waals surface area contributed by atoms with E-state index in [0.717, 1.165) is 87.2 Å². The fraction of sp³-hybridized carbons (Fsp3) is 0.344. The van der Waals surface area contributed by atoms with E-state index in [1.807, 2.05) is 6.07 Å². The molecule has 0 aromatic heterocycles. The third-order valence-electron chi connectivity index (χ3n) is 24.2. The molecule has 0 saturated carbocycles. The van der Waals surface area contributed by atoms with Gasteiger partial charge in [0.25, 0.3) is 0 Å². The molecule has 0 radical (unpaired) electrons. The number of para-hydroxylation sites is 1. The van der Waals surface area contributed by atoms with Crippen LogP contribution in [0.15, 0.2) is 303 Å². The van der Waals surface area contributed by atoms with Crippen LogP contribution < -0.4 is 76.7 Å². The van der Waals surface area contributed by atoms with Crippen LogP contribution in [0.25, 0.3) is 0 Å². The Hall–Kier alpha value is -10.2. The van der Waals surface area contributed by atoms with Crippen LogP contribution >= 0.6 is 42.9 Å². The van der Waals surface area contributed by atoms with E-state index in [-0.39, 0.29) is 50.2 Å². The predicted octanol–water partition coefficient (Wildman–Crippen LogP) is 23.0. The Morgan fingerprint density at radius 1 is 0.216 bits per heavy atom. The summed E-state index contributed by atoms with van der Waals surface area (Å²) in [6, 6.07) is 109. The van der Waals surface area contributed by atoms with Gasteiger partial charge in [-0.2, -0.15) is 0 Å². The second-order valence-corrected chi connectivity index (χ2v) is 48.7. The van der Waals surface area contributed by atoms with Gasteiger partial charge in [0, 0.05) is 113 Å². The molecule has 15 nitrogen and oxygen atoms in total. The van der Waals surface area contributed by atoms with Crippen molar-refractivity contribution in [2.24, 2.45) is 0 Å². The number of methoxy groups -OCH3 is 5. The zero-order chi connectivity index (χ0) is 107. The van der Waals surface area contributed by atoms with Crippen molar-refractivity contribution in [1.82, 2.24) is 24.5 Å². The van der Waals surface area contributed by atoms with Crippen molar-refractivity contribution in [3.63, 3.8) is 0 Å². The summed E-state index contributed by atoms with van der Waals surface area (Å²) >= 11 is 0. The molecule has 5 atom stereocenters. The van der Waals surface area contributed by atoms with Crippen LogP contribution in [-0.2, 0) is 98.3 Å². The number of nitrogens with zero attached hydrogens (tertiary/aromatic N) is 5. The Morgan fingerprint density at radius 3 is 0.939 bits per heavy atom. The lowest BCUT2D eigenvalue weighted by molar-refractivity contribution is 0.0505. The molecule has 14 aromatic carbocycles. The fourth-order valence-electron chi connectivity index (χ4n) is 17.1. The van der Waals surface area contributed by atoms with E-state index in [0.29, 0.717) is 42.9 Å². The molecule has 0 spiro atoms. The van der Waals surface area contributed by atoms with Crippen molar-refractivity contribution in [2.45, 2.75) is 158 Å².